The highest BCUT2D eigenvalue weighted by Gasteiger charge is 2.48. The number of halogens is 2. The molecule has 0 aliphatic heterocycles. The van der Waals surface area contributed by atoms with Gasteiger partial charge in [-0.05, 0) is 66.3 Å². The first-order chi connectivity index (χ1) is 24.9. The van der Waals surface area contributed by atoms with Crippen molar-refractivity contribution < 1.29 is 18.3 Å². The molecule has 1 unspecified atom stereocenters. The third kappa shape index (κ3) is 5.32. The van der Waals surface area contributed by atoms with E-state index in [1.165, 1.54) is 13.2 Å². The SMILES string of the molecule is COC(=O)[C@H]1C2CCC(CC2)C1Nc1nc(-c2nn(C(c3ccccc3)(c3ccccc3)c3ccccc3)c3ncc(F)cc23)c(C#N)cc1F. The molecule has 3 aromatic carbocycles. The zero-order valence-electron chi connectivity index (χ0n) is 27.8. The summed E-state index contributed by atoms with van der Waals surface area (Å²) in [7, 11) is 1.37. The molecule has 0 saturated heterocycles. The van der Waals surface area contributed by atoms with Crippen molar-refractivity contribution in [3.05, 3.63) is 143 Å². The molecule has 6 aromatic rings. The maximum Gasteiger partial charge on any atom is 0.311 e. The number of nitrogens with zero attached hydrogens (tertiary/aromatic N) is 5. The number of hydrogen-bond acceptors (Lipinski definition) is 7. The van der Waals surface area contributed by atoms with Gasteiger partial charge < -0.3 is 10.1 Å². The minimum absolute atomic E-state index is 0.0659. The molecule has 0 spiro atoms. The van der Waals surface area contributed by atoms with Gasteiger partial charge in [0.25, 0.3) is 0 Å². The second-order valence-corrected chi connectivity index (χ2v) is 13.3. The average molecular weight is 681 g/mol. The second-order valence-electron chi connectivity index (χ2n) is 13.3. The lowest BCUT2D eigenvalue weighted by Crippen LogP contribution is -2.52. The van der Waals surface area contributed by atoms with E-state index in [4.69, 9.17) is 14.8 Å². The zero-order chi connectivity index (χ0) is 35.1. The Morgan fingerprint density at radius 3 is 1.98 bits per heavy atom. The molecular weight excluding hydrogens is 646 g/mol. The summed E-state index contributed by atoms with van der Waals surface area (Å²) in [6, 6.07) is 33.6. The summed E-state index contributed by atoms with van der Waals surface area (Å²) >= 11 is 0. The van der Waals surface area contributed by atoms with Crippen LogP contribution >= 0.6 is 0 Å². The number of anilines is 1. The Balaban J connectivity index is 1.38. The van der Waals surface area contributed by atoms with Crippen LogP contribution in [0.15, 0.2) is 109 Å². The van der Waals surface area contributed by atoms with Gasteiger partial charge in [-0.15, -0.1) is 0 Å². The highest BCUT2D eigenvalue weighted by atomic mass is 19.1. The number of nitrogens with one attached hydrogen (secondary N) is 1. The van der Waals surface area contributed by atoms with Crippen LogP contribution in [0.4, 0.5) is 14.6 Å². The number of methoxy groups -OCH3 is 1. The number of benzene rings is 3. The van der Waals surface area contributed by atoms with E-state index in [-0.39, 0.29) is 40.6 Å². The van der Waals surface area contributed by atoms with Crippen LogP contribution in [0.1, 0.15) is 47.9 Å². The first kappa shape index (κ1) is 32.3. The van der Waals surface area contributed by atoms with Crippen molar-refractivity contribution in [2.75, 3.05) is 12.4 Å². The highest BCUT2D eigenvalue weighted by Crippen LogP contribution is 2.48. The molecule has 2 atom stereocenters. The van der Waals surface area contributed by atoms with Crippen molar-refractivity contribution in [2.24, 2.45) is 17.8 Å². The van der Waals surface area contributed by atoms with Gasteiger partial charge in [0.1, 0.15) is 28.8 Å². The van der Waals surface area contributed by atoms with E-state index in [0.717, 1.165) is 54.6 Å². The molecule has 3 saturated carbocycles. The Morgan fingerprint density at radius 1 is 0.863 bits per heavy atom. The number of pyridine rings is 2. The number of hydrogen-bond donors (Lipinski definition) is 1. The van der Waals surface area contributed by atoms with Gasteiger partial charge in [0.15, 0.2) is 17.3 Å². The van der Waals surface area contributed by atoms with Crippen molar-refractivity contribution in [1.82, 2.24) is 19.7 Å². The number of ether oxygens (including phenoxy) is 1. The van der Waals surface area contributed by atoms with Crippen LogP contribution < -0.4 is 5.32 Å². The van der Waals surface area contributed by atoms with Gasteiger partial charge in [-0.3, -0.25) is 4.79 Å². The maximum atomic E-state index is 15.9. The molecule has 9 rings (SSSR count). The Labute approximate surface area is 293 Å². The molecule has 2 bridgehead atoms. The van der Waals surface area contributed by atoms with E-state index in [1.54, 1.807) is 4.68 Å². The van der Waals surface area contributed by atoms with Crippen LogP contribution in [0, 0.1) is 40.7 Å². The lowest BCUT2D eigenvalue weighted by atomic mass is 9.61. The number of carbonyl (C=O) groups is 1. The third-order valence-corrected chi connectivity index (χ3v) is 10.7. The van der Waals surface area contributed by atoms with Crippen molar-refractivity contribution in [3.63, 3.8) is 0 Å². The quantitative estimate of drug-likeness (QED) is 0.129. The van der Waals surface area contributed by atoms with Crippen LogP contribution in [0.5, 0.6) is 0 Å². The summed E-state index contributed by atoms with van der Waals surface area (Å²) in [5.41, 5.74) is 1.96. The van der Waals surface area contributed by atoms with Crippen LogP contribution in [0.2, 0.25) is 0 Å². The first-order valence-corrected chi connectivity index (χ1v) is 17.1. The summed E-state index contributed by atoms with van der Waals surface area (Å²) in [6.45, 7) is 0. The van der Waals surface area contributed by atoms with E-state index in [0.29, 0.717) is 11.0 Å². The average Bonchev–Trinajstić information content (AvgIpc) is 3.55. The second kappa shape index (κ2) is 13.1. The minimum Gasteiger partial charge on any atom is -0.469 e. The van der Waals surface area contributed by atoms with E-state index in [2.05, 4.69) is 16.4 Å². The largest absolute Gasteiger partial charge is 0.469 e. The van der Waals surface area contributed by atoms with Gasteiger partial charge in [-0.25, -0.2) is 23.4 Å². The summed E-state index contributed by atoms with van der Waals surface area (Å²) in [5, 5.41) is 19.0. The third-order valence-electron chi connectivity index (χ3n) is 10.7. The molecule has 10 heteroatoms. The summed E-state index contributed by atoms with van der Waals surface area (Å²) in [6.07, 6.45) is 4.76. The molecule has 51 heavy (non-hydrogen) atoms. The topological polar surface area (TPSA) is 106 Å². The number of fused-ring (bicyclic) bond motifs is 4. The Bertz CT molecular complexity index is 2170. The van der Waals surface area contributed by atoms with E-state index < -0.39 is 29.1 Å². The smallest absolute Gasteiger partial charge is 0.311 e. The zero-order valence-corrected chi connectivity index (χ0v) is 27.8. The standard InChI is InChI=1S/C41H34F2N6O2/c1-51-40(50)34-25-17-19-26(20-18-25)35(34)46-38-33(43)21-27(23-44)36(47-38)37-32-22-31(42)24-45-39(32)49(48-37)41(28-11-5-2-6-12-28,29-13-7-3-8-14-29)30-15-9-4-10-16-30/h2-16,21-22,24-26,34-35H,17-20H2,1H3,(H,46,47)/t25?,26?,34-,35?/m0/s1. The van der Waals surface area contributed by atoms with E-state index in [1.807, 2.05) is 91.0 Å². The number of carbonyl (C=O) groups excluding carboxylic acids is 1. The van der Waals surface area contributed by atoms with Crippen LogP contribution in [0.3, 0.4) is 0 Å². The predicted octanol–water partition coefficient (Wildman–Crippen LogP) is 7.87. The normalized spacial score (nSPS) is 19.8. The van der Waals surface area contributed by atoms with Crippen LogP contribution in [-0.4, -0.2) is 38.9 Å². The summed E-state index contributed by atoms with van der Waals surface area (Å²) in [4.78, 5) is 22.3. The van der Waals surface area contributed by atoms with Gasteiger partial charge in [0.2, 0.25) is 0 Å². The molecule has 254 valence electrons. The molecule has 3 heterocycles. The fourth-order valence-electron chi connectivity index (χ4n) is 8.44. The fraction of sp³-hybridized carbons (Fsp3) is 0.244. The molecular formula is C41H34F2N6O2. The molecule has 3 aromatic heterocycles. The number of esters is 1. The van der Waals surface area contributed by atoms with E-state index in [9.17, 15) is 10.1 Å². The lowest BCUT2D eigenvalue weighted by Gasteiger charge is -2.47. The van der Waals surface area contributed by atoms with Gasteiger partial charge in [0, 0.05) is 6.04 Å². The van der Waals surface area contributed by atoms with Gasteiger partial charge in [-0.2, -0.15) is 10.4 Å². The molecule has 0 radical (unpaired) electrons. The van der Waals surface area contributed by atoms with Gasteiger partial charge in [0.05, 0.1) is 30.2 Å². The number of rotatable bonds is 8. The molecule has 3 aliphatic carbocycles. The van der Waals surface area contributed by atoms with Gasteiger partial charge >= 0.3 is 5.97 Å². The Morgan fingerprint density at radius 2 is 1.43 bits per heavy atom. The van der Waals surface area contributed by atoms with Crippen molar-refractivity contribution in [3.8, 4) is 17.5 Å². The Kier molecular flexibility index (Phi) is 8.27. The van der Waals surface area contributed by atoms with Crippen LogP contribution in [0.25, 0.3) is 22.4 Å². The minimum atomic E-state index is -1.12. The monoisotopic (exact) mass is 680 g/mol. The highest BCUT2D eigenvalue weighted by molar-refractivity contribution is 5.92. The fourth-order valence-corrected chi connectivity index (χ4v) is 8.44. The summed E-state index contributed by atoms with van der Waals surface area (Å²) in [5.74, 6) is -1.99. The molecule has 3 aliphatic rings. The van der Waals surface area contributed by atoms with Crippen molar-refractivity contribution in [2.45, 2.75) is 37.3 Å². The molecule has 3 fully saturated rings. The molecule has 8 nitrogen and oxygen atoms in total. The van der Waals surface area contributed by atoms with Crippen LogP contribution in [-0.2, 0) is 15.1 Å². The van der Waals surface area contributed by atoms with E-state index >= 15 is 8.78 Å². The molecule has 0 amide bonds. The number of nitriles is 1. The number of aromatic nitrogens is 4. The van der Waals surface area contributed by atoms with Gasteiger partial charge in [-0.1, -0.05) is 91.0 Å². The summed E-state index contributed by atoms with van der Waals surface area (Å²) < 4.78 is 38.0. The van der Waals surface area contributed by atoms with Crippen molar-refractivity contribution in [1.29, 1.82) is 5.26 Å². The molecule has 1 N–H and O–H groups in total. The predicted molar refractivity (Wildman–Crippen MR) is 188 cm³/mol. The first-order valence-electron chi connectivity index (χ1n) is 17.1. The Hall–Kier alpha value is -5.95. The van der Waals surface area contributed by atoms with Crippen molar-refractivity contribution >= 4 is 22.8 Å². The lowest BCUT2D eigenvalue weighted by molar-refractivity contribution is -0.152. The maximum absolute atomic E-state index is 15.9.